The molecular formula is C21H24F4N4O. The number of halogens is 4. The second-order valence-corrected chi connectivity index (χ2v) is 8.24. The Bertz CT molecular complexity index is 926. The first kappa shape index (κ1) is 20.8. The molecule has 0 amide bonds. The molecule has 4 rings (SSSR count). The zero-order valence-electron chi connectivity index (χ0n) is 16.9. The number of anilines is 1. The van der Waals surface area contributed by atoms with E-state index in [1.165, 1.54) is 6.92 Å². The van der Waals surface area contributed by atoms with Crippen LogP contribution < -0.4 is 4.90 Å². The number of aromatic nitrogens is 2. The van der Waals surface area contributed by atoms with Crippen LogP contribution in [-0.4, -0.2) is 59.1 Å². The van der Waals surface area contributed by atoms with Crippen LogP contribution in [0.3, 0.4) is 0 Å². The van der Waals surface area contributed by atoms with Crippen LogP contribution in [0, 0.1) is 6.92 Å². The number of alkyl halides is 4. The number of nitrogens with zero attached hydrogens (tertiary/aromatic N) is 4. The Morgan fingerprint density at radius 1 is 1.20 bits per heavy atom. The number of phenols is 1. The quantitative estimate of drug-likeness (QED) is 0.756. The van der Waals surface area contributed by atoms with E-state index < -0.39 is 23.7 Å². The van der Waals surface area contributed by atoms with Crippen molar-refractivity contribution in [2.45, 2.75) is 44.6 Å². The fourth-order valence-electron chi connectivity index (χ4n) is 4.49. The molecule has 2 aliphatic heterocycles. The van der Waals surface area contributed by atoms with Crippen LogP contribution in [0.1, 0.15) is 29.5 Å². The third-order valence-corrected chi connectivity index (χ3v) is 5.99. The minimum atomic E-state index is -4.53. The highest BCUT2D eigenvalue weighted by Crippen LogP contribution is 2.39. The molecule has 2 atom stereocenters. The number of aromatic hydroxyl groups is 1. The highest BCUT2D eigenvalue weighted by molar-refractivity contribution is 5.72. The van der Waals surface area contributed by atoms with Crippen molar-refractivity contribution in [3.05, 3.63) is 34.9 Å². The van der Waals surface area contributed by atoms with Crippen LogP contribution in [0.25, 0.3) is 11.3 Å². The van der Waals surface area contributed by atoms with Gasteiger partial charge >= 0.3 is 6.18 Å². The average Bonchev–Trinajstić information content (AvgIpc) is 2.97. The molecule has 1 N–H and O–H groups in total. The molecule has 0 radical (unpaired) electrons. The molecule has 2 aromatic rings. The average molecular weight is 424 g/mol. The van der Waals surface area contributed by atoms with Gasteiger partial charge in [0.05, 0.1) is 11.3 Å². The van der Waals surface area contributed by atoms with Gasteiger partial charge in [0.25, 0.3) is 0 Å². The maximum Gasteiger partial charge on any atom is 0.416 e. The number of aryl methyl sites for hydroxylation is 2. The number of likely N-dealkylation sites (N-methyl/N-ethyl adjacent to an activating group) is 1. The maximum atomic E-state index is 13.7. The van der Waals surface area contributed by atoms with E-state index in [0.29, 0.717) is 25.2 Å². The fraction of sp³-hybridized carbons (Fsp3) is 0.524. The minimum absolute atomic E-state index is 0.105. The Labute approximate surface area is 172 Å². The summed E-state index contributed by atoms with van der Waals surface area (Å²) in [6.45, 7) is 3.40. The smallest absolute Gasteiger partial charge is 0.416 e. The van der Waals surface area contributed by atoms with Crippen LogP contribution in [0.2, 0.25) is 0 Å². The lowest BCUT2D eigenvalue weighted by Crippen LogP contribution is -2.41. The molecule has 30 heavy (non-hydrogen) atoms. The van der Waals surface area contributed by atoms with E-state index in [4.69, 9.17) is 0 Å². The largest absolute Gasteiger partial charge is 0.507 e. The molecule has 0 unspecified atom stereocenters. The molecule has 3 heterocycles. The number of phenolic OH excluding ortho intramolecular Hbond substituents is 1. The van der Waals surface area contributed by atoms with Crippen LogP contribution in [-0.2, 0) is 12.6 Å². The lowest BCUT2D eigenvalue weighted by molar-refractivity contribution is -0.137. The molecular weight excluding hydrogens is 400 g/mol. The number of hydrogen-bond acceptors (Lipinski definition) is 5. The van der Waals surface area contributed by atoms with E-state index >= 15 is 0 Å². The summed E-state index contributed by atoms with van der Waals surface area (Å²) in [5, 5.41) is 18.8. The molecule has 0 bridgehead atoms. The number of benzene rings is 1. The summed E-state index contributed by atoms with van der Waals surface area (Å²) < 4.78 is 52.7. The molecule has 1 aromatic carbocycles. The number of likely N-dealkylation sites (tertiary alicyclic amines) is 1. The van der Waals surface area contributed by atoms with Gasteiger partial charge in [-0.05, 0) is 62.6 Å². The van der Waals surface area contributed by atoms with E-state index in [-0.39, 0.29) is 17.2 Å². The standard InChI is InChI=1S/C21H24F4N4O/c1-12-6-14(21(23,24)25)8-18(30)19(12)17-7-13-4-3-5-29(20(13)27-26-17)11-16-9-15(22)10-28(16)2/h6-8,15-16,30H,3-5,9-11H2,1-2H3/t15-,16-/m0/s1. The third-order valence-electron chi connectivity index (χ3n) is 5.99. The van der Waals surface area contributed by atoms with Crippen LogP contribution >= 0.6 is 0 Å². The molecule has 162 valence electrons. The molecule has 1 aromatic heterocycles. The zero-order valence-corrected chi connectivity index (χ0v) is 16.9. The van der Waals surface area contributed by atoms with Crippen molar-refractivity contribution in [2.24, 2.45) is 0 Å². The fourth-order valence-corrected chi connectivity index (χ4v) is 4.49. The first-order valence-electron chi connectivity index (χ1n) is 10.0. The Morgan fingerprint density at radius 2 is 1.97 bits per heavy atom. The van der Waals surface area contributed by atoms with E-state index in [1.54, 1.807) is 6.07 Å². The van der Waals surface area contributed by atoms with Gasteiger partial charge in [-0.25, -0.2) is 4.39 Å². The highest BCUT2D eigenvalue weighted by Gasteiger charge is 2.34. The Balaban J connectivity index is 1.63. The molecule has 5 nitrogen and oxygen atoms in total. The van der Waals surface area contributed by atoms with Crippen molar-refractivity contribution < 1.29 is 22.7 Å². The van der Waals surface area contributed by atoms with Gasteiger partial charge in [0.2, 0.25) is 0 Å². The van der Waals surface area contributed by atoms with Crippen LogP contribution in [0.5, 0.6) is 5.75 Å². The second kappa shape index (κ2) is 7.68. The Hall–Kier alpha value is -2.42. The predicted molar refractivity (Wildman–Crippen MR) is 105 cm³/mol. The highest BCUT2D eigenvalue weighted by atomic mass is 19.4. The normalized spacial score (nSPS) is 22.4. The van der Waals surface area contributed by atoms with Gasteiger partial charge in [-0.3, -0.25) is 4.90 Å². The van der Waals surface area contributed by atoms with E-state index in [2.05, 4.69) is 15.1 Å². The van der Waals surface area contributed by atoms with Crippen LogP contribution in [0.15, 0.2) is 18.2 Å². The van der Waals surface area contributed by atoms with E-state index in [0.717, 1.165) is 42.9 Å². The molecule has 1 saturated heterocycles. The van der Waals surface area contributed by atoms with Crippen molar-refractivity contribution in [2.75, 3.05) is 31.6 Å². The topological polar surface area (TPSA) is 52.5 Å². The summed E-state index contributed by atoms with van der Waals surface area (Å²) in [6.07, 6.45) is -3.20. The summed E-state index contributed by atoms with van der Waals surface area (Å²) in [5.41, 5.74) is 0.922. The lowest BCUT2D eigenvalue weighted by Gasteiger charge is -2.33. The molecule has 9 heteroatoms. The van der Waals surface area contributed by atoms with Crippen molar-refractivity contribution in [1.29, 1.82) is 0 Å². The van der Waals surface area contributed by atoms with Gasteiger partial charge in [-0.1, -0.05) is 0 Å². The van der Waals surface area contributed by atoms with Crippen molar-refractivity contribution in [3.63, 3.8) is 0 Å². The third kappa shape index (κ3) is 3.95. The molecule has 0 spiro atoms. The minimum Gasteiger partial charge on any atom is -0.507 e. The van der Waals surface area contributed by atoms with Gasteiger partial charge in [0.1, 0.15) is 11.9 Å². The van der Waals surface area contributed by atoms with Gasteiger partial charge in [0.15, 0.2) is 5.82 Å². The number of rotatable bonds is 3. The van der Waals surface area contributed by atoms with Gasteiger partial charge in [-0.2, -0.15) is 13.2 Å². The number of fused-ring (bicyclic) bond motifs is 1. The molecule has 1 fully saturated rings. The van der Waals surface area contributed by atoms with Crippen molar-refractivity contribution >= 4 is 5.82 Å². The molecule has 2 aliphatic rings. The Morgan fingerprint density at radius 3 is 2.60 bits per heavy atom. The van der Waals surface area contributed by atoms with Gasteiger partial charge < -0.3 is 10.0 Å². The SMILES string of the molecule is Cc1cc(C(F)(F)F)cc(O)c1-c1cc2c(nn1)N(C[C@@H]1C[C@H](F)CN1C)CCC2. The number of hydrogen-bond donors (Lipinski definition) is 1. The first-order chi connectivity index (χ1) is 14.1. The van der Waals surface area contributed by atoms with E-state index in [1.807, 2.05) is 11.9 Å². The zero-order chi connectivity index (χ0) is 21.6. The van der Waals surface area contributed by atoms with Crippen molar-refractivity contribution in [1.82, 2.24) is 15.1 Å². The monoisotopic (exact) mass is 424 g/mol. The van der Waals surface area contributed by atoms with Gasteiger partial charge in [0, 0.05) is 31.2 Å². The Kier molecular flexibility index (Phi) is 5.34. The summed E-state index contributed by atoms with van der Waals surface area (Å²) >= 11 is 0. The predicted octanol–water partition coefficient (Wildman–Crippen LogP) is 3.97. The summed E-state index contributed by atoms with van der Waals surface area (Å²) in [7, 11) is 1.92. The van der Waals surface area contributed by atoms with E-state index in [9.17, 15) is 22.7 Å². The molecule has 0 saturated carbocycles. The summed E-state index contributed by atoms with van der Waals surface area (Å²) in [4.78, 5) is 4.12. The second-order valence-electron chi connectivity index (χ2n) is 8.24. The summed E-state index contributed by atoms with van der Waals surface area (Å²) in [6, 6.07) is 3.62. The van der Waals surface area contributed by atoms with Crippen LogP contribution in [0.4, 0.5) is 23.4 Å². The molecule has 0 aliphatic carbocycles. The lowest BCUT2D eigenvalue weighted by atomic mass is 9.98. The van der Waals surface area contributed by atoms with Gasteiger partial charge in [-0.15, -0.1) is 10.2 Å². The summed E-state index contributed by atoms with van der Waals surface area (Å²) in [5.74, 6) is 0.260. The maximum absolute atomic E-state index is 13.7. The van der Waals surface area contributed by atoms with Crippen molar-refractivity contribution in [3.8, 4) is 17.0 Å². The first-order valence-corrected chi connectivity index (χ1v) is 10.0.